The molecule has 2 aromatic rings. The monoisotopic (exact) mass is 301 g/mol. The predicted molar refractivity (Wildman–Crippen MR) is 87.7 cm³/mol. The van der Waals surface area contributed by atoms with Crippen molar-refractivity contribution in [3.05, 3.63) is 65.2 Å². The molecule has 0 radical (unpaired) electrons. The minimum Gasteiger partial charge on any atom is -0.326 e. The lowest BCUT2D eigenvalue weighted by Crippen LogP contribution is -2.15. The lowest BCUT2D eigenvalue weighted by Gasteiger charge is -2.08. The molecule has 4 heteroatoms. The van der Waals surface area contributed by atoms with Crippen LogP contribution in [0.15, 0.2) is 48.5 Å². The van der Waals surface area contributed by atoms with Gasteiger partial charge in [-0.1, -0.05) is 36.4 Å². The molecule has 110 valence electrons. The first-order chi connectivity index (χ1) is 10.0. The standard InChI is InChI=1S/C17H19NO2S/c1-13-6-3-4-8-15(13)11-17(19)18-16-9-5-7-14(10-16)12-21(2)20/h3-10H,11-12H2,1-2H3,(H,18,19). The molecule has 1 amide bonds. The van der Waals surface area contributed by atoms with Crippen molar-refractivity contribution in [2.24, 2.45) is 0 Å². The average Bonchev–Trinajstić information content (AvgIpc) is 2.41. The van der Waals surface area contributed by atoms with Gasteiger partial charge in [0.15, 0.2) is 0 Å². The first-order valence-electron chi connectivity index (χ1n) is 6.78. The third kappa shape index (κ3) is 4.83. The Morgan fingerprint density at radius 2 is 1.90 bits per heavy atom. The van der Waals surface area contributed by atoms with Crippen molar-refractivity contribution in [3.8, 4) is 0 Å². The molecule has 0 saturated carbocycles. The van der Waals surface area contributed by atoms with Gasteiger partial charge in [0.2, 0.25) is 5.91 Å². The molecule has 2 aromatic carbocycles. The van der Waals surface area contributed by atoms with Gasteiger partial charge >= 0.3 is 0 Å². The van der Waals surface area contributed by atoms with Gasteiger partial charge < -0.3 is 5.32 Å². The maximum atomic E-state index is 12.1. The van der Waals surface area contributed by atoms with Gasteiger partial charge in [-0.25, -0.2) is 0 Å². The van der Waals surface area contributed by atoms with Crippen LogP contribution in [0, 0.1) is 6.92 Å². The van der Waals surface area contributed by atoms with Crippen LogP contribution in [0.3, 0.4) is 0 Å². The number of benzene rings is 2. The van der Waals surface area contributed by atoms with Crippen LogP contribution in [0.25, 0.3) is 0 Å². The van der Waals surface area contributed by atoms with Gasteiger partial charge in [0.25, 0.3) is 0 Å². The maximum absolute atomic E-state index is 12.1. The Kier molecular flexibility index (Phi) is 5.28. The van der Waals surface area contributed by atoms with Crippen LogP contribution in [0.1, 0.15) is 16.7 Å². The van der Waals surface area contributed by atoms with E-state index < -0.39 is 10.8 Å². The van der Waals surface area contributed by atoms with Crippen molar-refractivity contribution in [2.45, 2.75) is 19.1 Å². The summed E-state index contributed by atoms with van der Waals surface area (Å²) < 4.78 is 11.2. The number of aryl methyl sites for hydroxylation is 1. The number of anilines is 1. The molecule has 21 heavy (non-hydrogen) atoms. The molecule has 2 rings (SSSR count). The molecule has 0 aromatic heterocycles. The van der Waals surface area contributed by atoms with Gasteiger partial charge in [-0.05, 0) is 35.7 Å². The molecule has 0 saturated heterocycles. The molecule has 1 N–H and O–H groups in total. The van der Waals surface area contributed by atoms with Gasteiger partial charge in [0.1, 0.15) is 0 Å². The van der Waals surface area contributed by atoms with Gasteiger partial charge in [-0.15, -0.1) is 0 Å². The molecule has 0 aliphatic carbocycles. The minimum atomic E-state index is -0.885. The van der Waals surface area contributed by atoms with Crippen molar-refractivity contribution in [2.75, 3.05) is 11.6 Å². The zero-order chi connectivity index (χ0) is 15.2. The fraction of sp³-hybridized carbons (Fsp3) is 0.235. The molecule has 0 bridgehead atoms. The molecule has 3 nitrogen and oxygen atoms in total. The molecule has 0 fully saturated rings. The summed E-state index contributed by atoms with van der Waals surface area (Å²) in [5.41, 5.74) is 3.85. The van der Waals surface area contributed by atoms with E-state index in [0.29, 0.717) is 12.2 Å². The lowest BCUT2D eigenvalue weighted by molar-refractivity contribution is -0.115. The van der Waals surface area contributed by atoms with Gasteiger partial charge in [0.05, 0.1) is 6.42 Å². The van der Waals surface area contributed by atoms with Crippen molar-refractivity contribution in [3.63, 3.8) is 0 Å². The van der Waals surface area contributed by atoms with E-state index >= 15 is 0 Å². The number of carbonyl (C=O) groups is 1. The average molecular weight is 301 g/mol. The summed E-state index contributed by atoms with van der Waals surface area (Å²) in [6.07, 6.45) is 2.03. The Morgan fingerprint density at radius 1 is 1.14 bits per heavy atom. The SMILES string of the molecule is Cc1ccccc1CC(=O)Nc1cccc(CS(C)=O)c1. The number of nitrogens with one attached hydrogen (secondary N) is 1. The second kappa shape index (κ2) is 7.18. The highest BCUT2D eigenvalue weighted by atomic mass is 32.2. The molecule has 1 atom stereocenters. The third-order valence-corrected chi connectivity index (χ3v) is 3.93. The van der Waals surface area contributed by atoms with Crippen molar-refractivity contribution in [1.82, 2.24) is 0 Å². The lowest BCUT2D eigenvalue weighted by atomic mass is 10.1. The summed E-state index contributed by atoms with van der Waals surface area (Å²) in [6.45, 7) is 2.00. The van der Waals surface area contributed by atoms with E-state index in [9.17, 15) is 9.00 Å². The van der Waals surface area contributed by atoms with Crippen molar-refractivity contribution < 1.29 is 9.00 Å². The Morgan fingerprint density at radius 3 is 2.62 bits per heavy atom. The largest absolute Gasteiger partial charge is 0.326 e. The van der Waals surface area contributed by atoms with Crippen molar-refractivity contribution >= 4 is 22.4 Å². The number of amides is 1. The Bertz CT molecular complexity index is 667. The van der Waals surface area contributed by atoms with E-state index in [0.717, 1.165) is 22.4 Å². The smallest absolute Gasteiger partial charge is 0.228 e. The summed E-state index contributed by atoms with van der Waals surface area (Å²) in [5, 5.41) is 2.89. The first kappa shape index (κ1) is 15.4. The van der Waals surface area contributed by atoms with E-state index in [4.69, 9.17) is 0 Å². The number of hydrogen-bond acceptors (Lipinski definition) is 2. The van der Waals surface area contributed by atoms with Gasteiger partial charge in [-0.3, -0.25) is 9.00 Å². The fourth-order valence-corrected chi connectivity index (χ4v) is 2.81. The zero-order valence-electron chi connectivity index (χ0n) is 12.3. The molecule has 0 heterocycles. The van der Waals surface area contributed by atoms with Crippen LogP contribution in [0.4, 0.5) is 5.69 Å². The van der Waals surface area contributed by atoms with Crippen LogP contribution >= 0.6 is 0 Å². The highest BCUT2D eigenvalue weighted by molar-refractivity contribution is 7.83. The second-order valence-electron chi connectivity index (χ2n) is 5.07. The van der Waals surface area contributed by atoms with E-state index in [1.807, 2.05) is 55.5 Å². The molecule has 0 aliphatic heterocycles. The number of rotatable bonds is 5. The van der Waals surface area contributed by atoms with E-state index in [2.05, 4.69) is 5.32 Å². The topological polar surface area (TPSA) is 46.2 Å². The second-order valence-corrected chi connectivity index (χ2v) is 6.50. The first-order valence-corrected chi connectivity index (χ1v) is 8.50. The Balaban J connectivity index is 2.03. The summed E-state index contributed by atoms with van der Waals surface area (Å²) >= 11 is 0. The molecule has 0 aliphatic rings. The highest BCUT2D eigenvalue weighted by Crippen LogP contribution is 2.14. The molecule has 1 unspecified atom stereocenters. The zero-order valence-corrected chi connectivity index (χ0v) is 13.1. The summed E-state index contributed by atoms with van der Waals surface area (Å²) in [5.74, 6) is 0.459. The summed E-state index contributed by atoms with van der Waals surface area (Å²) in [6, 6.07) is 15.4. The highest BCUT2D eigenvalue weighted by Gasteiger charge is 2.06. The molecular formula is C17H19NO2S. The van der Waals surface area contributed by atoms with Crippen LogP contribution in [-0.4, -0.2) is 16.4 Å². The van der Waals surface area contributed by atoms with E-state index in [1.165, 1.54) is 0 Å². The van der Waals surface area contributed by atoms with Crippen LogP contribution in [0.2, 0.25) is 0 Å². The maximum Gasteiger partial charge on any atom is 0.228 e. The van der Waals surface area contributed by atoms with Crippen molar-refractivity contribution in [1.29, 1.82) is 0 Å². The minimum absolute atomic E-state index is 0.0425. The van der Waals surface area contributed by atoms with Gasteiger partial charge in [0, 0.05) is 28.5 Å². The predicted octanol–water partition coefficient (Wildman–Crippen LogP) is 3.05. The van der Waals surface area contributed by atoms with Crippen LogP contribution in [0.5, 0.6) is 0 Å². The van der Waals surface area contributed by atoms with Crippen LogP contribution < -0.4 is 5.32 Å². The Labute approximate surface area is 127 Å². The van der Waals surface area contributed by atoms with Gasteiger partial charge in [-0.2, -0.15) is 0 Å². The fourth-order valence-electron chi connectivity index (χ4n) is 2.16. The quantitative estimate of drug-likeness (QED) is 0.922. The van der Waals surface area contributed by atoms with E-state index in [-0.39, 0.29) is 5.91 Å². The van der Waals surface area contributed by atoms with Crippen LogP contribution in [-0.2, 0) is 27.8 Å². The molecule has 0 spiro atoms. The number of hydrogen-bond donors (Lipinski definition) is 1. The van der Waals surface area contributed by atoms with E-state index in [1.54, 1.807) is 6.26 Å². The normalized spacial score (nSPS) is 11.9. The Hall–Kier alpha value is -1.94. The summed E-state index contributed by atoms with van der Waals surface area (Å²) in [4.78, 5) is 12.1. The molecular weight excluding hydrogens is 282 g/mol. The summed E-state index contributed by atoms with van der Waals surface area (Å²) in [7, 11) is -0.885. The number of carbonyl (C=O) groups excluding carboxylic acids is 1. The third-order valence-electron chi connectivity index (χ3n) is 3.19.